The molecule has 1 heterocycles. The standard InChI is InChI=1S/C15H24N2O/c1-11(2)8-16-10-15(3,18)14-13-7-5-4-6-12(13)9-17-14/h4-7,11,14,16-18H,8-10H2,1-3H3. The largest absolute Gasteiger partial charge is 0.387 e. The van der Waals surface area contributed by atoms with Crippen molar-refractivity contribution in [3.8, 4) is 0 Å². The van der Waals surface area contributed by atoms with Crippen LogP contribution in [0.4, 0.5) is 0 Å². The Balaban J connectivity index is 2.03. The monoisotopic (exact) mass is 248 g/mol. The SMILES string of the molecule is CC(C)CNCC(C)(O)C1NCc2ccccc21. The molecule has 18 heavy (non-hydrogen) atoms. The van der Waals surface area contributed by atoms with Gasteiger partial charge in [-0.3, -0.25) is 0 Å². The van der Waals surface area contributed by atoms with Crippen molar-refractivity contribution in [1.29, 1.82) is 0 Å². The van der Waals surface area contributed by atoms with Crippen LogP contribution >= 0.6 is 0 Å². The van der Waals surface area contributed by atoms with Crippen LogP contribution in [-0.4, -0.2) is 23.8 Å². The van der Waals surface area contributed by atoms with Crippen LogP contribution in [-0.2, 0) is 6.54 Å². The maximum absolute atomic E-state index is 10.6. The number of aliphatic hydroxyl groups is 1. The van der Waals surface area contributed by atoms with Crippen molar-refractivity contribution < 1.29 is 5.11 Å². The van der Waals surface area contributed by atoms with Crippen LogP contribution < -0.4 is 10.6 Å². The highest BCUT2D eigenvalue weighted by Crippen LogP contribution is 2.32. The molecule has 3 N–H and O–H groups in total. The average Bonchev–Trinajstić information content (AvgIpc) is 2.72. The molecule has 0 saturated heterocycles. The zero-order valence-electron chi connectivity index (χ0n) is 11.5. The van der Waals surface area contributed by atoms with Gasteiger partial charge in [-0.05, 0) is 30.5 Å². The molecule has 1 aromatic carbocycles. The summed E-state index contributed by atoms with van der Waals surface area (Å²) in [5.74, 6) is 0.602. The van der Waals surface area contributed by atoms with Crippen molar-refractivity contribution in [3.05, 3.63) is 35.4 Å². The molecular weight excluding hydrogens is 224 g/mol. The quantitative estimate of drug-likeness (QED) is 0.745. The van der Waals surface area contributed by atoms with E-state index in [1.54, 1.807) is 0 Å². The van der Waals surface area contributed by atoms with E-state index in [-0.39, 0.29) is 6.04 Å². The fourth-order valence-corrected chi connectivity index (χ4v) is 2.57. The lowest BCUT2D eigenvalue weighted by molar-refractivity contribution is 0.0220. The van der Waals surface area contributed by atoms with Crippen molar-refractivity contribution in [2.75, 3.05) is 13.1 Å². The third-order valence-corrected chi connectivity index (χ3v) is 3.52. The Labute approximate surface area is 110 Å². The molecule has 0 saturated carbocycles. The summed E-state index contributed by atoms with van der Waals surface area (Å²) < 4.78 is 0. The van der Waals surface area contributed by atoms with E-state index in [9.17, 15) is 5.11 Å². The summed E-state index contributed by atoms with van der Waals surface area (Å²) in [4.78, 5) is 0. The maximum atomic E-state index is 10.6. The Morgan fingerprint density at radius 1 is 1.44 bits per heavy atom. The van der Waals surface area contributed by atoms with E-state index in [4.69, 9.17) is 0 Å². The van der Waals surface area contributed by atoms with Crippen molar-refractivity contribution in [2.45, 2.75) is 39.0 Å². The second-order valence-corrected chi connectivity index (χ2v) is 5.89. The van der Waals surface area contributed by atoms with Crippen LogP contribution in [0.5, 0.6) is 0 Å². The van der Waals surface area contributed by atoms with E-state index in [2.05, 4.69) is 42.7 Å². The van der Waals surface area contributed by atoms with Crippen LogP contribution in [0.15, 0.2) is 24.3 Å². The smallest absolute Gasteiger partial charge is 0.0937 e. The highest BCUT2D eigenvalue weighted by molar-refractivity contribution is 5.35. The van der Waals surface area contributed by atoms with Crippen molar-refractivity contribution in [1.82, 2.24) is 10.6 Å². The molecule has 3 heteroatoms. The molecule has 1 aromatic rings. The van der Waals surface area contributed by atoms with E-state index in [0.29, 0.717) is 12.5 Å². The van der Waals surface area contributed by atoms with Gasteiger partial charge < -0.3 is 15.7 Å². The number of nitrogens with one attached hydrogen (secondary N) is 2. The van der Waals surface area contributed by atoms with Gasteiger partial charge in [0.2, 0.25) is 0 Å². The van der Waals surface area contributed by atoms with Gasteiger partial charge in [-0.2, -0.15) is 0 Å². The summed E-state index contributed by atoms with van der Waals surface area (Å²) in [6.45, 7) is 8.64. The third-order valence-electron chi connectivity index (χ3n) is 3.52. The minimum absolute atomic E-state index is 0.0216. The Hall–Kier alpha value is -0.900. The summed E-state index contributed by atoms with van der Waals surface area (Å²) in [5.41, 5.74) is 1.77. The Kier molecular flexibility index (Phi) is 4.05. The van der Waals surface area contributed by atoms with Gasteiger partial charge in [0.15, 0.2) is 0 Å². The summed E-state index contributed by atoms with van der Waals surface area (Å²) in [6.07, 6.45) is 0. The van der Waals surface area contributed by atoms with Crippen LogP contribution in [0.2, 0.25) is 0 Å². The molecule has 0 aliphatic carbocycles. The fourth-order valence-electron chi connectivity index (χ4n) is 2.57. The van der Waals surface area contributed by atoms with Gasteiger partial charge in [0.25, 0.3) is 0 Å². The van der Waals surface area contributed by atoms with E-state index in [1.807, 2.05) is 13.0 Å². The highest BCUT2D eigenvalue weighted by atomic mass is 16.3. The normalized spacial score (nSPS) is 21.9. The second-order valence-electron chi connectivity index (χ2n) is 5.89. The first-order valence-electron chi connectivity index (χ1n) is 6.75. The molecule has 1 aliphatic heterocycles. The predicted octanol–water partition coefficient (Wildman–Crippen LogP) is 1.83. The molecule has 0 aromatic heterocycles. The van der Waals surface area contributed by atoms with Gasteiger partial charge in [0.1, 0.15) is 0 Å². The highest BCUT2D eigenvalue weighted by Gasteiger charge is 2.36. The lowest BCUT2D eigenvalue weighted by Crippen LogP contribution is -2.47. The fraction of sp³-hybridized carbons (Fsp3) is 0.600. The van der Waals surface area contributed by atoms with Crippen LogP contribution in [0.1, 0.15) is 37.9 Å². The van der Waals surface area contributed by atoms with Gasteiger partial charge in [-0.15, -0.1) is 0 Å². The minimum atomic E-state index is -0.762. The first kappa shape index (κ1) is 13.5. The molecule has 2 unspecified atom stereocenters. The summed E-state index contributed by atoms with van der Waals surface area (Å²) in [5, 5.41) is 17.4. The van der Waals surface area contributed by atoms with Gasteiger partial charge >= 0.3 is 0 Å². The second kappa shape index (κ2) is 5.39. The molecule has 0 amide bonds. The number of rotatable bonds is 5. The Morgan fingerprint density at radius 2 is 2.17 bits per heavy atom. The van der Waals surface area contributed by atoms with Crippen molar-refractivity contribution in [2.24, 2.45) is 5.92 Å². The van der Waals surface area contributed by atoms with E-state index in [0.717, 1.165) is 13.1 Å². The predicted molar refractivity (Wildman–Crippen MR) is 74.4 cm³/mol. The minimum Gasteiger partial charge on any atom is -0.387 e. The number of hydrogen-bond donors (Lipinski definition) is 3. The molecule has 0 fully saturated rings. The van der Waals surface area contributed by atoms with Crippen LogP contribution in [0.3, 0.4) is 0 Å². The average molecular weight is 248 g/mol. The molecule has 0 radical (unpaired) electrons. The number of fused-ring (bicyclic) bond motifs is 1. The summed E-state index contributed by atoms with van der Waals surface area (Å²) in [7, 11) is 0. The summed E-state index contributed by atoms with van der Waals surface area (Å²) in [6, 6.07) is 8.34. The zero-order valence-corrected chi connectivity index (χ0v) is 11.5. The Bertz CT molecular complexity index is 401. The molecular formula is C15H24N2O. The molecule has 100 valence electrons. The third kappa shape index (κ3) is 2.91. The van der Waals surface area contributed by atoms with Gasteiger partial charge in [0, 0.05) is 13.1 Å². The first-order chi connectivity index (χ1) is 8.50. The molecule has 0 spiro atoms. The summed E-state index contributed by atoms with van der Waals surface area (Å²) >= 11 is 0. The van der Waals surface area contributed by atoms with E-state index < -0.39 is 5.60 Å². The maximum Gasteiger partial charge on any atom is 0.0937 e. The zero-order chi connectivity index (χ0) is 13.2. The molecule has 1 aliphatic rings. The topological polar surface area (TPSA) is 44.3 Å². The molecule has 2 rings (SSSR count). The number of hydrogen-bond acceptors (Lipinski definition) is 3. The molecule has 0 bridgehead atoms. The van der Waals surface area contributed by atoms with Crippen LogP contribution in [0.25, 0.3) is 0 Å². The van der Waals surface area contributed by atoms with Crippen molar-refractivity contribution in [3.63, 3.8) is 0 Å². The number of benzene rings is 1. The van der Waals surface area contributed by atoms with E-state index >= 15 is 0 Å². The van der Waals surface area contributed by atoms with Crippen molar-refractivity contribution >= 4 is 0 Å². The Morgan fingerprint density at radius 3 is 2.89 bits per heavy atom. The molecule has 2 atom stereocenters. The van der Waals surface area contributed by atoms with Crippen LogP contribution in [0, 0.1) is 5.92 Å². The molecule has 3 nitrogen and oxygen atoms in total. The van der Waals surface area contributed by atoms with Gasteiger partial charge in [0.05, 0.1) is 11.6 Å². The first-order valence-corrected chi connectivity index (χ1v) is 6.75. The van der Waals surface area contributed by atoms with Gasteiger partial charge in [-0.1, -0.05) is 38.1 Å². The lowest BCUT2D eigenvalue weighted by atomic mass is 9.90. The van der Waals surface area contributed by atoms with E-state index in [1.165, 1.54) is 11.1 Å². The lowest BCUT2D eigenvalue weighted by Gasteiger charge is -2.31. The van der Waals surface area contributed by atoms with Gasteiger partial charge in [-0.25, -0.2) is 0 Å².